The van der Waals surface area contributed by atoms with Crippen molar-refractivity contribution in [1.82, 2.24) is 10.2 Å². The summed E-state index contributed by atoms with van der Waals surface area (Å²) in [5.74, 6) is 0. The molecule has 0 spiro atoms. The molecule has 3 aromatic rings. The summed E-state index contributed by atoms with van der Waals surface area (Å²) in [6, 6.07) is 30.1. The predicted molar refractivity (Wildman–Crippen MR) is 119 cm³/mol. The van der Waals surface area contributed by atoms with Crippen molar-refractivity contribution < 1.29 is 9.90 Å². The standard InChI is InChI=1S/C26H30N2O2/c1-21(17-18-22-11-5-2-6-12-22)27-25(19-23-13-7-3-8-14-23)28(26(29)30)20-24-15-9-4-10-16-24/h2-16,21,25,27H,17-20H2,1H3,(H,29,30)/p-1/t21-,25-/m0/s1. The van der Waals surface area contributed by atoms with Gasteiger partial charge < -0.3 is 14.8 Å². The van der Waals surface area contributed by atoms with Crippen LogP contribution in [-0.4, -0.2) is 23.2 Å². The Labute approximate surface area is 179 Å². The van der Waals surface area contributed by atoms with Crippen LogP contribution in [0.4, 0.5) is 4.79 Å². The van der Waals surface area contributed by atoms with Gasteiger partial charge in [0, 0.05) is 19.0 Å². The fourth-order valence-corrected chi connectivity index (χ4v) is 3.62. The highest BCUT2D eigenvalue weighted by Crippen LogP contribution is 2.14. The molecule has 0 heterocycles. The van der Waals surface area contributed by atoms with E-state index in [1.165, 1.54) is 10.5 Å². The average molecular weight is 402 g/mol. The van der Waals surface area contributed by atoms with Gasteiger partial charge in [-0.15, -0.1) is 0 Å². The molecule has 1 amide bonds. The van der Waals surface area contributed by atoms with E-state index >= 15 is 0 Å². The molecule has 0 unspecified atom stereocenters. The van der Waals surface area contributed by atoms with Gasteiger partial charge >= 0.3 is 0 Å². The lowest BCUT2D eigenvalue weighted by molar-refractivity contribution is -0.269. The number of carbonyl (C=O) groups excluding carboxylic acids is 1. The van der Waals surface area contributed by atoms with E-state index in [9.17, 15) is 9.90 Å². The molecule has 0 aliphatic rings. The minimum atomic E-state index is -1.16. The van der Waals surface area contributed by atoms with Crippen molar-refractivity contribution in [3.63, 3.8) is 0 Å². The first-order chi connectivity index (χ1) is 14.6. The Morgan fingerprint density at radius 1 is 0.833 bits per heavy atom. The second-order valence-electron chi connectivity index (χ2n) is 7.68. The van der Waals surface area contributed by atoms with Crippen LogP contribution < -0.4 is 10.4 Å². The van der Waals surface area contributed by atoms with E-state index < -0.39 is 6.09 Å². The third-order valence-electron chi connectivity index (χ3n) is 5.26. The molecule has 0 aliphatic carbocycles. The van der Waals surface area contributed by atoms with Crippen LogP contribution in [-0.2, 0) is 19.4 Å². The van der Waals surface area contributed by atoms with Crippen LogP contribution in [0.5, 0.6) is 0 Å². The quantitative estimate of drug-likeness (QED) is 0.522. The van der Waals surface area contributed by atoms with Crippen molar-refractivity contribution >= 4 is 6.09 Å². The normalized spacial score (nSPS) is 12.8. The molecule has 2 atom stereocenters. The van der Waals surface area contributed by atoms with Gasteiger partial charge in [-0.1, -0.05) is 91.0 Å². The molecule has 3 aromatic carbocycles. The summed E-state index contributed by atoms with van der Waals surface area (Å²) in [5.41, 5.74) is 3.31. The molecular weight excluding hydrogens is 372 g/mol. The summed E-state index contributed by atoms with van der Waals surface area (Å²) in [6.45, 7) is 2.40. The van der Waals surface area contributed by atoms with Crippen molar-refractivity contribution in [2.45, 2.75) is 44.9 Å². The zero-order valence-electron chi connectivity index (χ0n) is 17.4. The van der Waals surface area contributed by atoms with Crippen LogP contribution in [0, 0.1) is 0 Å². The van der Waals surface area contributed by atoms with Gasteiger partial charge in [-0.3, -0.25) is 5.32 Å². The van der Waals surface area contributed by atoms with E-state index in [0.717, 1.165) is 24.0 Å². The van der Waals surface area contributed by atoms with E-state index in [4.69, 9.17) is 0 Å². The first kappa shape index (κ1) is 21.6. The van der Waals surface area contributed by atoms with Gasteiger partial charge in [0.25, 0.3) is 0 Å². The number of nitrogens with one attached hydrogen (secondary N) is 1. The van der Waals surface area contributed by atoms with Crippen LogP contribution in [0.2, 0.25) is 0 Å². The van der Waals surface area contributed by atoms with Crippen molar-refractivity contribution in [1.29, 1.82) is 0 Å². The molecule has 0 saturated carbocycles. The largest absolute Gasteiger partial charge is 0.530 e. The fourth-order valence-electron chi connectivity index (χ4n) is 3.62. The second kappa shape index (κ2) is 11.2. The van der Waals surface area contributed by atoms with Crippen LogP contribution in [0.25, 0.3) is 0 Å². The molecule has 1 N–H and O–H groups in total. The molecule has 4 nitrogen and oxygen atoms in total. The number of hydrogen-bond donors (Lipinski definition) is 1. The molecule has 0 radical (unpaired) electrons. The molecule has 0 aliphatic heterocycles. The summed E-state index contributed by atoms with van der Waals surface area (Å²) in [5, 5.41) is 15.6. The van der Waals surface area contributed by atoms with Gasteiger partial charge in [0.15, 0.2) is 0 Å². The lowest BCUT2D eigenvalue weighted by Gasteiger charge is -2.36. The predicted octanol–water partition coefficient (Wildman–Crippen LogP) is 4.01. The number of amides is 1. The summed E-state index contributed by atoms with van der Waals surface area (Å²) < 4.78 is 0. The summed E-state index contributed by atoms with van der Waals surface area (Å²) in [7, 11) is 0. The molecule has 0 fully saturated rings. The minimum absolute atomic E-state index is 0.150. The van der Waals surface area contributed by atoms with E-state index in [0.29, 0.717) is 13.0 Å². The SMILES string of the molecule is C[C@@H](CCc1ccccc1)N[C@H](Cc1ccccc1)N(Cc1ccccc1)C(=O)[O-]. The Morgan fingerprint density at radius 3 is 1.87 bits per heavy atom. The second-order valence-corrected chi connectivity index (χ2v) is 7.68. The summed E-state index contributed by atoms with van der Waals surface area (Å²) >= 11 is 0. The Balaban J connectivity index is 1.73. The lowest BCUT2D eigenvalue weighted by Crippen LogP contribution is -2.56. The van der Waals surface area contributed by atoms with Gasteiger partial charge in [-0.25, -0.2) is 0 Å². The maximum Gasteiger partial charge on any atom is 0.138 e. The van der Waals surface area contributed by atoms with E-state index in [1.807, 2.05) is 78.9 Å². The van der Waals surface area contributed by atoms with Gasteiger partial charge in [0.05, 0.1) is 6.17 Å². The maximum atomic E-state index is 12.1. The Morgan fingerprint density at radius 2 is 1.33 bits per heavy atom. The zero-order chi connectivity index (χ0) is 21.2. The smallest absolute Gasteiger partial charge is 0.138 e. The number of rotatable bonds is 10. The number of hydrogen-bond acceptors (Lipinski definition) is 3. The lowest BCUT2D eigenvalue weighted by atomic mass is 10.0. The molecule has 0 aromatic heterocycles. The molecule has 3 rings (SSSR count). The monoisotopic (exact) mass is 401 g/mol. The van der Waals surface area contributed by atoms with Gasteiger partial charge in [-0.05, 0) is 36.5 Å². The molecular formula is C26H29N2O2-. The third-order valence-corrected chi connectivity index (χ3v) is 5.26. The molecule has 156 valence electrons. The molecule has 4 heteroatoms. The van der Waals surface area contributed by atoms with Gasteiger partial charge in [0.1, 0.15) is 6.09 Å². The van der Waals surface area contributed by atoms with Crippen LogP contribution in [0.15, 0.2) is 91.0 Å². The van der Waals surface area contributed by atoms with Crippen molar-refractivity contribution in [2.24, 2.45) is 0 Å². The van der Waals surface area contributed by atoms with Crippen LogP contribution in [0.3, 0.4) is 0 Å². The molecule has 0 saturated heterocycles. The number of benzene rings is 3. The first-order valence-electron chi connectivity index (χ1n) is 10.5. The summed E-state index contributed by atoms with van der Waals surface area (Å²) in [6.07, 6.45) is 0.904. The Hall–Kier alpha value is -3.11. The Kier molecular flexibility index (Phi) is 8.04. The molecule has 0 bridgehead atoms. The van der Waals surface area contributed by atoms with Crippen LogP contribution >= 0.6 is 0 Å². The number of carbonyl (C=O) groups is 1. The minimum Gasteiger partial charge on any atom is -0.530 e. The highest BCUT2D eigenvalue weighted by Gasteiger charge is 2.21. The zero-order valence-corrected chi connectivity index (χ0v) is 17.4. The van der Waals surface area contributed by atoms with E-state index in [-0.39, 0.29) is 12.2 Å². The number of aryl methyl sites for hydroxylation is 1. The van der Waals surface area contributed by atoms with Crippen LogP contribution in [0.1, 0.15) is 30.0 Å². The fraction of sp³-hybridized carbons (Fsp3) is 0.269. The van der Waals surface area contributed by atoms with Gasteiger partial charge in [0.2, 0.25) is 0 Å². The number of carboxylic acid groups (broad SMARTS) is 1. The topological polar surface area (TPSA) is 55.4 Å². The number of nitrogens with zero attached hydrogens (tertiary/aromatic N) is 1. The maximum absolute atomic E-state index is 12.1. The molecule has 30 heavy (non-hydrogen) atoms. The van der Waals surface area contributed by atoms with Gasteiger partial charge in [-0.2, -0.15) is 0 Å². The van der Waals surface area contributed by atoms with E-state index in [2.05, 4.69) is 24.4 Å². The van der Waals surface area contributed by atoms with Crippen molar-refractivity contribution in [3.8, 4) is 0 Å². The highest BCUT2D eigenvalue weighted by molar-refractivity contribution is 5.63. The summed E-state index contributed by atoms with van der Waals surface area (Å²) in [4.78, 5) is 13.5. The van der Waals surface area contributed by atoms with E-state index in [1.54, 1.807) is 0 Å². The van der Waals surface area contributed by atoms with Crippen molar-refractivity contribution in [3.05, 3.63) is 108 Å². The van der Waals surface area contributed by atoms with Crippen molar-refractivity contribution in [2.75, 3.05) is 0 Å². The third kappa shape index (κ3) is 6.75. The average Bonchev–Trinajstić information content (AvgIpc) is 2.77. The Bertz CT molecular complexity index is 885. The highest BCUT2D eigenvalue weighted by atomic mass is 16.4. The first-order valence-corrected chi connectivity index (χ1v) is 10.5.